The molecule has 2 aromatic rings. The minimum atomic E-state index is -0.616. The van der Waals surface area contributed by atoms with E-state index in [1.165, 1.54) is 12.1 Å². The minimum Gasteiger partial charge on any atom is -0.476 e. The molecule has 1 unspecified atom stereocenters. The number of amides is 1. The molecule has 0 bridgehead atoms. The molecule has 5 rings (SSSR count). The Balaban J connectivity index is 1.23. The quantitative estimate of drug-likeness (QED) is 0.727. The van der Waals surface area contributed by atoms with Gasteiger partial charge in [-0.05, 0) is 49.4 Å². The molecule has 1 amide bonds. The lowest BCUT2D eigenvalue weighted by atomic mass is 9.75. The second-order valence-electron chi connectivity index (χ2n) is 9.15. The number of fused-ring (bicyclic) bond motifs is 1. The Morgan fingerprint density at radius 1 is 1.21 bits per heavy atom. The maximum absolute atomic E-state index is 13.2. The van der Waals surface area contributed by atoms with Crippen molar-refractivity contribution in [3.8, 4) is 11.8 Å². The van der Waals surface area contributed by atoms with Crippen LogP contribution in [0, 0.1) is 22.6 Å². The van der Waals surface area contributed by atoms with Gasteiger partial charge >= 0.3 is 0 Å². The Bertz CT molecular complexity index is 1090. The number of nitrogens with one attached hydrogen (secondary N) is 1. The Kier molecular flexibility index (Phi) is 5.79. The SMILES string of the molecule is N#CC1(Cc2ccc(F)cc2)CCN(C(=O)C2CNc3cc(Cl)c(N4CCC4)cc3O2)CC1. The monoisotopic (exact) mass is 468 g/mol. The van der Waals surface area contributed by atoms with Gasteiger partial charge in [0.1, 0.15) is 11.6 Å². The number of rotatable bonds is 4. The maximum Gasteiger partial charge on any atom is 0.265 e. The first-order valence-corrected chi connectivity index (χ1v) is 11.8. The van der Waals surface area contributed by atoms with Crippen molar-refractivity contribution in [2.75, 3.05) is 42.9 Å². The summed E-state index contributed by atoms with van der Waals surface area (Å²) < 4.78 is 19.3. The van der Waals surface area contributed by atoms with E-state index >= 15 is 0 Å². The first kappa shape index (κ1) is 21.8. The number of carbonyl (C=O) groups is 1. The van der Waals surface area contributed by atoms with E-state index < -0.39 is 11.5 Å². The van der Waals surface area contributed by atoms with E-state index in [2.05, 4.69) is 16.3 Å². The van der Waals surface area contributed by atoms with Gasteiger partial charge in [0.05, 0.1) is 34.4 Å². The van der Waals surface area contributed by atoms with Gasteiger partial charge in [-0.2, -0.15) is 5.26 Å². The van der Waals surface area contributed by atoms with Crippen molar-refractivity contribution in [2.24, 2.45) is 5.41 Å². The van der Waals surface area contributed by atoms with Gasteiger partial charge in [0.15, 0.2) is 6.10 Å². The summed E-state index contributed by atoms with van der Waals surface area (Å²) >= 11 is 6.44. The fraction of sp³-hybridized carbons (Fsp3) is 0.440. The molecule has 0 aromatic heterocycles. The Morgan fingerprint density at radius 3 is 2.58 bits per heavy atom. The summed E-state index contributed by atoms with van der Waals surface area (Å²) in [6, 6.07) is 12.6. The van der Waals surface area contributed by atoms with E-state index in [0.717, 1.165) is 36.4 Å². The molecule has 2 aromatic carbocycles. The zero-order valence-corrected chi connectivity index (χ0v) is 19.1. The first-order valence-electron chi connectivity index (χ1n) is 11.4. The summed E-state index contributed by atoms with van der Waals surface area (Å²) in [7, 11) is 0. The van der Waals surface area contributed by atoms with Crippen LogP contribution < -0.4 is 15.0 Å². The second kappa shape index (κ2) is 8.75. The average Bonchev–Trinajstić information content (AvgIpc) is 2.80. The maximum atomic E-state index is 13.2. The molecule has 0 saturated carbocycles. The third-order valence-electron chi connectivity index (χ3n) is 6.99. The molecule has 8 heteroatoms. The normalized spacial score (nSPS) is 21.2. The van der Waals surface area contributed by atoms with Crippen molar-refractivity contribution in [1.29, 1.82) is 5.26 Å². The lowest BCUT2D eigenvalue weighted by molar-refractivity contribution is -0.140. The molecular weight excluding hydrogens is 443 g/mol. The van der Waals surface area contributed by atoms with Gasteiger partial charge in [0, 0.05) is 32.2 Å². The van der Waals surface area contributed by atoms with E-state index in [1.54, 1.807) is 17.0 Å². The van der Waals surface area contributed by atoms with Crippen molar-refractivity contribution in [2.45, 2.75) is 31.8 Å². The number of halogens is 2. The third kappa shape index (κ3) is 4.32. The van der Waals surface area contributed by atoms with Crippen LogP contribution in [0.3, 0.4) is 0 Å². The standard InChI is InChI=1S/C25H26ClFN4O2/c26-19-12-20-22(13-21(19)30-8-1-9-30)33-23(15-29-20)24(32)31-10-6-25(16-28,7-11-31)14-17-2-4-18(27)5-3-17/h2-5,12-13,23,29H,1,6-11,14-15H2. The molecule has 2 saturated heterocycles. The van der Waals surface area contributed by atoms with E-state index in [1.807, 2.05) is 12.1 Å². The van der Waals surface area contributed by atoms with Gasteiger partial charge in [-0.1, -0.05) is 23.7 Å². The number of nitrogens with zero attached hydrogens (tertiary/aromatic N) is 3. The summed E-state index contributed by atoms with van der Waals surface area (Å²) in [5, 5.41) is 13.8. The van der Waals surface area contributed by atoms with Gasteiger partial charge in [-0.25, -0.2) is 4.39 Å². The van der Waals surface area contributed by atoms with E-state index in [9.17, 15) is 14.4 Å². The lowest BCUT2D eigenvalue weighted by Crippen LogP contribution is -2.51. The highest BCUT2D eigenvalue weighted by Gasteiger charge is 2.39. The number of piperidine rings is 1. The highest BCUT2D eigenvalue weighted by molar-refractivity contribution is 6.33. The number of carbonyl (C=O) groups excluding carboxylic acids is 1. The number of hydrogen-bond acceptors (Lipinski definition) is 5. The summed E-state index contributed by atoms with van der Waals surface area (Å²) in [4.78, 5) is 17.2. The zero-order chi connectivity index (χ0) is 23.0. The molecule has 33 heavy (non-hydrogen) atoms. The predicted octanol–water partition coefficient (Wildman–Crippen LogP) is 4.24. The van der Waals surface area contributed by atoms with Crippen LogP contribution in [0.15, 0.2) is 36.4 Å². The number of nitriles is 1. The van der Waals surface area contributed by atoms with Crippen LogP contribution in [0.25, 0.3) is 0 Å². The van der Waals surface area contributed by atoms with Crippen molar-refractivity contribution in [3.63, 3.8) is 0 Å². The first-order chi connectivity index (χ1) is 16.0. The Hall–Kier alpha value is -2.98. The molecule has 0 spiro atoms. The van der Waals surface area contributed by atoms with E-state index in [-0.39, 0.29) is 11.7 Å². The van der Waals surface area contributed by atoms with Gasteiger partial charge < -0.3 is 19.9 Å². The number of anilines is 2. The molecule has 6 nitrogen and oxygen atoms in total. The molecule has 0 aliphatic carbocycles. The fourth-order valence-electron chi connectivity index (χ4n) is 4.79. The lowest BCUT2D eigenvalue weighted by Gasteiger charge is -2.39. The molecule has 2 fully saturated rings. The zero-order valence-electron chi connectivity index (χ0n) is 18.3. The molecule has 3 aliphatic rings. The van der Waals surface area contributed by atoms with Crippen LogP contribution in [-0.2, 0) is 11.2 Å². The van der Waals surface area contributed by atoms with Crippen LogP contribution >= 0.6 is 11.6 Å². The van der Waals surface area contributed by atoms with Crippen molar-refractivity contribution >= 4 is 28.9 Å². The largest absolute Gasteiger partial charge is 0.476 e. The topological polar surface area (TPSA) is 68.6 Å². The summed E-state index contributed by atoms with van der Waals surface area (Å²) in [6.07, 6.45) is 2.25. The van der Waals surface area contributed by atoms with Gasteiger partial charge in [-0.3, -0.25) is 4.79 Å². The minimum absolute atomic E-state index is 0.0677. The number of likely N-dealkylation sites (tertiary alicyclic amines) is 1. The number of benzene rings is 2. The predicted molar refractivity (Wildman–Crippen MR) is 125 cm³/mol. The van der Waals surface area contributed by atoms with Gasteiger partial charge in [0.2, 0.25) is 0 Å². The number of ether oxygens (including phenoxy) is 1. The Morgan fingerprint density at radius 2 is 1.94 bits per heavy atom. The van der Waals surface area contributed by atoms with Crippen molar-refractivity contribution < 1.29 is 13.9 Å². The molecule has 3 aliphatic heterocycles. The number of hydrogen-bond donors (Lipinski definition) is 1. The van der Waals surface area contributed by atoms with Crippen LogP contribution in [0.4, 0.5) is 15.8 Å². The molecule has 1 N–H and O–H groups in total. The van der Waals surface area contributed by atoms with Crippen LogP contribution in [0.5, 0.6) is 5.75 Å². The third-order valence-corrected chi connectivity index (χ3v) is 7.30. The van der Waals surface area contributed by atoms with E-state index in [4.69, 9.17) is 16.3 Å². The second-order valence-corrected chi connectivity index (χ2v) is 9.56. The summed E-state index contributed by atoms with van der Waals surface area (Å²) in [5.41, 5.74) is 2.13. The highest BCUT2D eigenvalue weighted by Crippen LogP contribution is 2.41. The molecule has 3 heterocycles. The summed E-state index contributed by atoms with van der Waals surface area (Å²) in [5.74, 6) is 0.291. The van der Waals surface area contributed by atoms with Gasteiger partial charge in [-0.15, -0.1) is 0 Å². The molecule has 172 valence electrons. The fourth-order valence-corrected chi connectivity index (χ4v) is 5.08. The molecule has 1 atom stereocenters. The highest BCUT2D eigenvalue weighted by atomic mass is 35.5. The van der Waals surface area contributed by atoms with Crippen molar-refractivity contribution in [3.05, 3.63) is 52.8 Å². The van der Waals surface area contributed by atoms with Gasteiger partial charge in [0.25, 0.3) is 5.91 Å². The van der Waals surface area contributed by atoms with Crippen LogP contribution in [0.2, 0.25) is 5.02 Å². The average molecular weight is 469 g/mol. The molecule has 0 radical (unpaired) electrons. The Labute approximate surface area is 197 Å². The van der Waals surface area contributed by atoms with E-state index in [0.29, 0.717) is 49.7 Å². The smallest absolute Gasteiger partial charge is 0.265 e. The van der Waals surface area contributed by atoms with Crippen molar-refractivity contribution in [1.82, 2.24) is 4.90 Å². The van der Waals surface area contributed by atoms with Crippen LogP contribution in [0.1, 0.15) is 24.8 Å². The van der Waals surface area contributed by atoms with Crippen LogP contribution in [-0.4, -0.2) is 49.6 Å². The molecular formula is C25H26ClFN4O2. The summed E-state index contributed by atoms with van der Waals surface area (Å²) in [6.45, 7) is 3.32.